The van der Waals surface area contributed by atoms with Crippen molar-refractivity contribution in [3.8, 4) is 5.75 Å². The molecule has 0 aliphatic heterocycles. The summed E-state index contributed by atoms with van der Waals surface area (Å²) < 4.78 is 5.80. The summed E-state index contributed by atoms with van der Waals surface area (Å²) in [5, 5.41) is 14.8. The van der Waals surface area contributed by atoms with Crippen molar-refractivity contribution in [1.82, 2.24) is 9.97 Å². The number of imidazole rings is 1. The van der Waals surface area contributed by atoms with Gasteiger partial charge in [0.1, 0.15) is 5.75 Å². The fourth-order valence-electron chi connectivity index (χ4n) is 2.51. The number of carboxylic acids is 2. The Labute approximate surface area is 139 Å². The number of benzene rings is 1. The Morgan fingerprint density at radius 1 is 1.17 bits per heavy atom. The Hall–Kier alpha value is -2.83. The van der Waals surface area contributed by atoms with Crippen LogP contribution in [0, 0.1) is 0 Å². The van der Waals surface area contributed by atoms with Gasteiger partial charge in [-0.2, -0.15) is 0 Å². The number of ether oxygens (including phenoxy) is 1. The molecule has 2 aromatic rings. The number of fused-ring (bicyclic) bond motifs is 1. The molecule has 1 aliphatic rings. The van der Waals surface area contributed by atoms with Crippen LogP contribution in [0.25, 0.3) is 0 Å². The lowest BCUT2D eigenvalue weighted by atomic mass is 10.1. The second-order valence-electron chi connectivity index (χ2n) is 5.42. The van der Waals surface area contributed by atoms with Gasteiger partial charge in [0.15, 0.2) is 0 Å². The predicted octanol–water partition coefficient (Wildman–Crippen LogP) is 2.07. The van der Waals surface area contributed by atoms with Crippen LogP contribution in [-0.4, -0.2) is 38.7 Å². The Bertz CT molecular complexity index is 670. The van der Waals surface area contributed by atoms with Gasteiger partial charge in [-0.25, -0.2) is 14.6 Å². The molecule has 7 heteroatoms. The molecule has 1 heterocycles. The van der Waals surface area contributed by atoms with E-state index in [1.807, 2.05) is 6.20 Å². The molecule has 0 radical (unpaired) electrons. The van der Waals surface area contributed by atoms with Crippen LogP contribution in [0.15, 0.2) is 30.7 Å². The van der Waals surface area contributed by atoms with E-state index in [1.54, 1.807) is 6.33 Å². The fourth-order valence-corrected chi connectivity index (χ4v) is 2.51. The molecule has 0 unspecified atom stereocenters. The van der Waals surface area contributed by atoms with Crippen LogP contribution in [0.2, 0.25) is 0 Å². The first-order chi connectivity index (χ1) is 11.6. The molecule has 0 saturated heterocycles. The monoisotopic (exact) mass is 332 g/mol. The topological polar surface area (TPSA) is 113 Å². The lowest BCUT2D eigenvalue weighted by molar-refractivity contribution is -0.159. The van der Waals surface area contributed by atoms with Gasteiger partial charge in [-0.1, -0.05) is 6.07 Å². The molecule has 0 atom stereocenters. The summed E-state index contributed by atoms with van der Waals surface area (Å²) in [6.45, 7) is 0.762. The van der Waals surface area contributed by atoms with Crippen molar-refractivity contribution in [3.05, 3.63) is 47.5 Å². The molecule has 0 bridgehead atoms. The molecule has 7 nitrogen and oxygen atoms in total. The number of nitrogens with zero attached hydrogens (tertiary/aromatic N) is 1. The van der Waals surface area contributed by atoms with E-state index in [-0.39, 0.29) is 0 Å². The van der Waals surface area contributed by atoms with E-state index < -0.39 is 11.9 Å². The van der Waals surface area contributed by atoms with Gasteiger partial charge in [-0.05, 0) is 55.4 Å². The Kier molecular flexibility index (Phi) is 6.36. The number of H-pyrrole nitrogens is 1. The van der Waals surface area contributed by atoms with Crippen molar-refractivity contribution in [2.45, 2.75) is 32.1 Å². The van der Waals surface area contributed by atoms with E-state index in [2.05, 4.69) is 28.2 Å². The molecule has 128 valence electrons. The summed E-state index contributed by atoms with van der Waals surface area (Å²) >= 11 is 0. The molecule has 3 rings (SSSR count). The van der Waals surface area contributed by atoms with Crippen molar-refractivity contribution in [1.29, 1.82) is 0 Å². The van der Waals surface area contributed by atoms with E-state index in [9.17, 15) is 0 Å². The normalized spacial score (nSPS) is 12.0. The van der Waals surface area contributed by atoms with E-state index in [1.165, 1.54) is 36.1 Å². The van der Waals surface area contributed by atoms with Gasteiger partial charge in [0.2, 0.25) is 0 Å². The standard InChI is InChI=1S/C15H18N2O.C2H2O4/c1-3-12-6-7-15(9-13(12)4-1)18-8-2-5-14-10-16-11-17-14;3-1(4)2(5)6/h6-7,9-11H,1-5,8H2,(H,16,17);(H,3,4)(H,5,6). The van der Waals surface area contributed by atoms with Crippen LogP contribution in [0.3, 0.4) is 0 Å². The number of hydrogen-bond acceptors (Lipinski definition) is 4. The van der Waals surface area contributed by atoms with Crippen LogP contribution < -0.4 is 4.74 Å². The molecule has 0 amide bonds. The molecule has 0 saturated carbocycles. The van der Waals surface area contributed by atoms with Crippen LogP contribution in [0.1, 0.15) is 29.7 Å². The van der Waals surface area contributed by atoms with E-state index in [0.29, 0.717) is 0 Å². The minimum Gasteiger partial charge on any atom is -0.494 e. The first-order valence-corrected chi connectivity index (χ1v) is 7.74. The molecule has 1 aliphatic carbocycles. The number of aromatic nitrogens is 2. The number of hydrogen-bond donors (Lipinski definition) is 3. The number of aliphatic carboxylic acids is 2. The average Bonchev–Trinajstić information content (AvgIpc) is 3.23. The Morgan fingerprint density at radius 3 is 2.58 bits per heavy atom. The molecule has 1 aromatic carbocycles. The minimum absolute atomic E-state index is 0.762. The zero-order valence-electron chi connectivity index (χ0n) is 13.2. The predicted molar refractivity (Wildman–Crippen MR) is 86.1 cm³/mol. The Balaban J connectivity index is 0.000000301. The molecule has 0 fully saturated rings. The maximum absolute atomic E-state index is 9.10. The second kappa shape index (κ2) is 8.71. The first-order valence-electron chi connectivity index (χ1n) is 7.74. The lowest BCUT2D eigenvalue weighted by Gasteiger charge is -2.07. The van der Waals surface area contributed by atoms with Crippen LogP contribution in [0.5, 0.6) is 5.75 Å². The molecule has 0 spiro atoms. The SMILES string of the molecule is O=C(O)C(=O)O.c1ncc(CCCOc2ccc3c(c2)CCC3)[nH]1. The summed E-state index contributed by atoms with van der Waals surface area (Å²) in [6.07, 6.45) is 9.32. The second-order valence-corrected chi connectivity index (χ2v) is 5.42. The molecule has 3 N–H and O–H groups in total. The quantitative estimate of drug-likeness (QED) is 0.571. The van der Waals surface area contributed by atoms with Crippen molar-refractivity contribution in [3.63, 3.8) is 0 Å². The molecule has 1 aromatic heterocycles. The molecule has 24 heavy (non-hydrogen) atoms. The summed E-state index contributed by atoms with van der Waals surface area (Å²) in [7, 11) is 0. The zero-order valence-corrected chi connectivity index (χ0v) is 13.2. The van der Waals surface area contributed by atoms with Crippen LogP contribution in [-0.2, 0) is 28.9 Å². The van der Waals surface area contributed by atoms with Crippen molar-refractivity contribution in [2.24, 2.45) is 0 Å². The third-order valence-corrected chi connectivity index (χ3v) is 3.67. The maximum atomic E-state index is 9.10. The van der Waals surface area contributed by atoms with E-state index in [0.717, 1.165) is 25.2 Å². The third-order valence-electron chi connectivity index (χ3n) is 3.67. The molecular weight excluding hydrogens is 312 g/mol. The lowest BCUT2D eigenvalue weighted by Crippen LogP contribution is -2.09. The first kappa shape index (κ1) is 17.5. The van der Waals surface area contributed by atoms with Gasteiger partial charge in [0, 0.05) is 11.9 Å². The number of aryl methyl sites for hydroxylation is 3. The van der Waals surface area contributed by atoms with Crippen LogP contribution >= 0.6 is 0 Å². The fraction of sp³-hybridized carbons (Fsp3) is 0.353. The number of rotatable bonds is 5. The Morgan fingerprint density at radius 2 is 1.92 bits per heavy atom. The van der Waals surface area contributed by atoms with Crippen LogP contribution in [0.4, 0.5) is 0 Å². The highest BCUT2D eigenvalue weighted by Crippen LogP contribution is 2.26. The van der Waals surface area contributed by atoms with Crippen molar-refractivity contribution < 1.29 is 24.5 Å². The van der Waals surface area contributed by atoms with Gasteiger partial charge < -0.3 is 19.9 Å². The van der Waals surface area contributed by atoms with Gasteiger partial charge in [0.25, 0.3) is 0 Å². The van der Waals surface area contributed by atoms with Gasteiger partial charge >= 0.3 is 11.9 Å². The summed E-state index contributed by atoms with van der Waals surface area (Å²) in [5.41, 5.74) is 4.15. The third kappa shape index (κ3) is 5.42. The van der Waals surface area contributed by atoms with Gasteiger partial charge in [0.05, 0.1) is 12.9 Å². The van der Waals surface area contributed by atoms with Crippen molar-refractivity contribution >= 4 is 11.9 Å². The number of nitrogens with one attached hydrogen (secondary N) is 1. The number of carboxylic acid groups (broad SMARTS) is 2. The van der Waals surface area contributed by atoms with Crippen molar-refractivity contribution in [2.75, 3.05) is 6.61 Å². The summed E-state index contributed by atoms with van der Waals surface area (Å²) in [4.78, 5) is 25.3. The highest BCUT2D eigenvalue weighted by atomic mass is 16.5. The maximum Gasteiger partial charge on any atom is 0.414 e. The summed E-state index contributed by atoms with van der Waals surface area (Å²) in [6, 6.07) is 6.52. The van der Waals surface area contributed by atoms with E-state index in [4.69, 9.17) is 24.5 Å². The smallest absolute Gasteiger partial charge is 0.414 e. The van der Waals surface area contributed by atoms with Gasteiger partial charge in [-0.15, -0.1) is 0 Å². The number of aromatic amines is 1. The zero-order chi connectivity index (χ0) is 17.4. The van der Waals surface area contributed by atoms with E-state index >= 15 is 0 Å². The molecular formula is C17H20N2O5. The highest BCUT2D eigenvalue weighted by Gasteiger charge is 2.10. The largest absolute Gasteiger partial charge is 0.494 e. The highest BCUT2D eigenvalue weighted by molar-refractivity contribution is 6.27. The summed E-state index contributed by atoms with van der Waals surface area (Å²) in [5.74, 6) is -2.63. The average molecular weight is 332 g/mol. The van der Waals surface area contributed by atoms with Gasteiger partial charge in [-0.3, -0.25) is 0 Å². The number of carbonyl (C=O) groups is 2. The minimum atomic E-state index is -1.82.